The van der Waals surface area contributed by atoms with Gasteiger partial charge in [0.2, 0.25) is 0 Å². The van der Waals surface area contributed by atoms with Crippen molar-refractivity contribution in [1.29, 1.82) is 0 Å². The summed E-state index contributed by atoms with van der Waals surface area (Å²) in [6.45, 7) is 5.45. The molecule has 0 aliphatic carbocycles. The fraction of sp³-hybridized carbons (Fsp3) is 0.200. The van der Waals surface area contributed by atoms with Gasteiger partial charge in [-0.25, -0.2) is 10.1 Å². The summed E-state index contributed by atoms with van der Waals surface area (Å²) in [6.07, 6.45) is 0. The third kappa shape index (κ3) is 3.90. The number of halogens is 1. The number of fused-ring (bicyclic) bond motifs is 1. The fourth-order valence-corrected chi connectivity index (χ4v) is 2.88. The van der Waals surface area contributed by atoms with Gasteiger partial charge in [-0.05, 0) is 44.5 Å². The van der Waals surface area contributed by atoms with Crippen molar-refractivity contribution in [2.45, 2.75) is 26.8 Å². The molecular formula is C20H19ClN4O2. The number of nitrogens with one attached hydrogen (secondary N) is 1. The highest BCUT2D eigenvalue weighted by Crippen LogP contribution is 2.15. The molecule has 1 heterocycles. The summed E-state index contributed by atoms with van der Waals surface area (Å²) < 4.78 is 1.31. The second-order valence-corrected chi connectivity index (χ2v) is 6.82. The van der Waals surface area contributed by atoms with Gasteiger partial charge in [-0.3, -0.25) is 9.59 Å². The van der Waals surface area contributed by atoms with Crippen LogP contribution in [0, 0.1) is 0 Å². The molecule has 1 aromatic heterocycles. The molecule has 3 rings (SSSR count). The molecule has 138 valence electrons. The van der Waals surface area contributed by atoms with Crippen LogP contribution < -0.4 is 11.0 Å². The number of aromatic nitrogens is 2. The fourth-order valence-electron chi connectivity index (χ4n) is 2.69. The first-order chi connectivity index (χ1) is 12.9. The lowest BCUT2D eigenvalue weighted by atomic mass is 10.1. The molecule has 0 radical (unpaired) electrons. The zero-order chi connectivity index (χ0) is 19.6. The summed E-state index contributed by atoms with van der Waals surface area (Å²) >= 11 is 5.99. The van der Waals surface area contributed by atoms with Crippen molar-refractivity contribution >= 4 is 34.0 Å². The van der Waals surface area contributed by atoms with Gasteiger partial charge in [0.25, 0.3) is 11.5 Å². The van der Waals surface area contributed by atoms with Gasteiger partial charge in [0.05, 0.1) is 17.1 Å². The van der Waals surface area contributed by atoms with Crippen molar-refractivity contribution in [3.8, 4) is 0 Å². The van der Waals surface area contributed by atoms with Crippen LogP contribution in [0.15, 0.2) is 58.4 Å². The van der Waals surface area contributed by atoms with Crippen LogP contribution in [-0.4, -0.2) is 21.4 Å². The van der Waals surface area contributed by atoms with E-state index < -0.39 is 5.91 Å². The third-order valence-corrected chi connectivity index (χ3v) is 4.34. The first-order valence-corrected chi connectivity index (χ1v) is 8.88. The van der Waals surface area contributed by atoms with Crippen LogP contribution in [-0.2, 0) is 0 Å². The molecule has 7 heteroatoms. The number of benzene rings is 2. The number of hydrazone groups is 1. The number of carbonyl (C=O) groups is 1. The number of hydrogen-bond donors (Lipinski definition) is 1. The van der Waals surface area contributed by atoms with Gasteiger partial charge >= 0.3 is 0 Å². The number of nitrogens with zero attached hydrogens (tertiary/aromatic N) is 3. The number of rotatable bonds is 4. The van der Waals surface area contributed by atoms with Crippen LogP contribution in [0.3, 0.4) is 0 Å². The molecule has 2 aromatic carbocycles. The molecule has 0 aliphatic rings. The van der Waals surface area contributed by atoms with Crippen LogP contribution >= 0.6 is 11.6 Å². The molecule has 27 heavy (non-hydrogen) atoms. The molecule has 0 saturated heterocycles. The summed E-state index contributed by atoms with van der Waals surface area (Å²) in [5.41, 5.74) is 3.85. The van der Waals surface area contributed by atoms with Gasteiger partial charge in [-0.15, -0.1) is 0 Å². The Kier molecular flexibility index (Phi) is 5.37. The maximum atomic E-state index is 12.7. The van der Waals surface area contributed by atoms with E-state index in [0.29, 0.717) is 21.5 Å². The minimum atomic E-state index is -0.484. The van der Waals surface area contributed by atoms with E-state index in [1.807, 2.05) is 26.0 Å². The largest absolute Gasteiger partial charge is 0.292 e. The number of carbonyl (C=O) groups excluding carboxylic acids is 1. The van der Waals surface area contributed by atoms with Gasteiger partial charge in [-0.2, -0.15) is 10.2 Å². The second kappa shape index (κ2) is 7.72. The number of hydrogen-bond acceptors (Lipinski definition) is 4. The molecule has 6 nitrogen and oxygen atoms in total. The lowest BCUT2D eigenvalue weighted by molar-refractivity contribution is 0.0949. The highest BCUT2D eigenvalue weighted by atomic mass is 35.5. The predicted molar refractivity (Wildman–Crippen MR) is 108 cm³/mol. The summed E-state index contributed by atoms with van der Waals surface area (Å²) in [5, 5.41) is 9.94. The minimum absolute atomic E-state index is 0.154. The third-order valence-electron chi connectivity index (χ3n) is 4.10. The van der Waals surface area contributed by atoms with Crippen LogP contribution in [0.25, 0.3) is 10.8 Å². The molecule has 3 aromatic rings. The van der Waals surface area contributed by atoms with Gasteiger partial charge in [-0.1, -0.05) is 41.9 Å². The summed E-state index contributed by atoms with van der Waals surface area (Å²) in [7, 11) is 0. The van der Waals surface area contributed by atoms with E-state index in [2.05, 4.69) is 15.6 Å². The number of amides is 1. The molecule has 1 N–H and O–H groups in total. The Balaban J connectivity index is 1.99. The Morgan fingerprint density at radius 1 is 1.15 bits per heavy atom. The Labute approximate surface area is 161 Å². The van der Waals surface area contributed by atoms with Gasteiger partial charge in [0.1, 0.15) is 0 Å². The van der Waals surface area contributed by atoms with Gasteiger partial charge < -0.3 is 0 Å². The first kappa shape index (κ1) is 18.8. The van der Waals surface area contributed by atoms with Crippen molar-refractivity contribution in [1.82, 2.24) is 15.2 Å². The molecule has 0 bridgehead atoms. The van der Waals surface area contributed by atoms with E-state index >= 15 is 0 Å². The smallest absolute Gasteiger partial charge is 0.267 e. The molecular weight excluding hydrogens is 364 g/mol. The van der Waals surface area contributed by atoms with Gasteiger partial charge in [0, 0.05) is 10.4 Å². The second-order valence-electron chi connectivity index (χ2n) is 6.39. The molecule has 0 fully saturated rings. The van der Waals surface area contributed by atoms with Crippen LogP contribution in [0.2, 0.25) is 5.02 Å². The normalized spacial score (nSPS) is 11.8. The zero-order valence-electron chi connectivity index (χ0n) is 15.2. The Hall–Kier alpha value is -2.99. The van der Waals surface area contributed by atoms with E-state index in [-0.39, 0.29) is 17.3 Å². The van der Waals surface area contributed by atoms with Crippen LogP contribution in [0.4, 0.5) is 0 Å². The van der Waals surface area contributed by atoms with Crippen molar-refractivity contribution in [3.63, 3.8) is 0 Å². The van der Waals surface area contributed by atoms with Crippen LogP contribution in [0.5, 0.6) is 0 Å². The zero-order valence-corrected chi connectivity index (χ0v) is 16.0. The molecule has 1 amide bonds. The highest BCUT2D eigenvalue weighted by Gasteiger charge is 2.17. The van der Waals surface area contributed by atoms with E-state index in [9.17, 15) is 9.59 Å². The van der Waals surface area contributed by atoms with E-state index in [1.54, 1.807) is 43.3 Å². The summed E-state index contributed by atoms with van der Waals surface area (Å²) in [6, 6.07) is 13.9. The summed E-state index contributed by atoms with van der Waals surface area (Å²) in [5.74, 6) is -0.484. The Morgan fingerprint density at radius 2 is 1.85 bits per heavy atom. The monoisotopic (exact) mass is 382 g/mol. The van der Waals surface area contributed by atoms with Crippen molar-refractivity contribution in [2.75, 3.05) is 0 Å². The molecule has 0 aliphatic heterocycles. The van der Waals surface area contributed by atoms with E-state index in [0.717, 1.165) is 5.56 Å². The summed E-state index contributed by atoms with van der Waals surface area (Å²) in [4.78, 5) is 25.3. The van der Waals surface area contributed by atoms with Crippen molar-refractivity contribution in [2.24, 2.45) is 5.10 Å². The standard InChI is InChI=1S/C20H19ClN4O2/c1-12(2)25-20(27)17-10-5-4-9-16(17)18(24-25)19(26)23-22-13(3)14-7-6-8-15(21)11-14/h4-12H,1-3H3,(H,23,26)/b22-13+. The van der Waals surface area contributed by atoms with Gasteiger partial charge in [0.15, 0.2) is 5.69 Å². The van der Waals surface area contributed by atoms with E-state index in [4.69, 9.17) is 11.6 Å². The molecule has 0 unspecified atom stereocenters. The molecule has 0 spiro atoms. The maximum Gasteiger partial charge on any atom is 0.292 e. The highest BCUT2D eigenvalue weighted by molar-refractivity contribution is 6.31. The first-order valence-electron chi connectivity index (χ1n) is 8.50. The average Bonchev–Trinajstić information content (AvgIpc) is 2.66. The lowest BCUT2D eigenvalue weighted by Gasteiger charge is -2.12. The topological polar surface area (TPSA) is 76.3 Å². The maximum absolute atomic E-state index is 12.7. The Morgan fingerprint density at radius 3 is 2.52 bits per heavy atom. The minimum Gasteiger partial charge on any atom is -0.267 e. The quantitative estimate of drug-likeness (QED) is 0.551. The SMILES string of the molecule is C/C(=N\NC(=O)c1nn(C(C)C)c(=O)c2ccccc12)c1cccc(Cl)c1. The lowest BCUT2D eigenvalue weighted by Crippen LogP contribution is -2.30. The molecule has 0 saturated carbocycles. The Bertz CT molecular complexity index is 1100. The average molecular weight is 383 g/mol. The molecule has 0 atom stereocenters. The van der Waals surface area contributed by atoms with Crippen molar-refractivity contribution < 1.29 is 4.79 Å². The predicted octanol–water partition coefficient (Wildman–Crippen LogP) is 3.78. The van der Waals surface area contributed by atoms with Crippen molar-refractivity contribution in [3.05, 3.63) is 75.2 Å². The van der Waals surface area contributed by atoms with E-state index in [1.165, 1.54) is 4.68 Å². The van der Waals surface area contributed by atoms with Crippen LogP contribution in [0.1, 0.15) is 42.9 Å².